The Morgan fingerprint density at radius 3 is 2.88 bits per heavy atom. The Kier molecular flexibility index (Phi) is 3.83. The zero-order valence-corrected chi connectivity index (χ0v) is 12.2. The Hall–Kier alpha value is -0.480. The Morgan fingerprint density at radius 1 is 1.53 bits per heavy atom. The summed E-state index contributed by atoms with van der Waals surface area (Å²) in [7, 11) is 0. The molecule has 1 aromatic heterocycles. The van der Waals surface area contributed by atoms with E-state index in [9.17, 15) is 4.79 Å². The number of carbonyl (C=O) groups is 1. The quantitative estimate of drug-likeness (QED) is 0.819. The molecule has 1 fully saturated rings. The average Bonchev–Trinajstić information content (AvgIpc) is 2.83. The van der Waals surface area contributed by atoms with Gasteiger partial charge < -0.3 is 4.90 Å². The molecule has 2 rings (SSSR count). The number of thioether (sulfide) groups is 1. The van der Waals surface area contributed by atoms with Gasteiger partial charge in [0, 0.05) is 28.5 Å². The van der Waals surface area contributed by atoms with Crippen LogP contribution in [0, 0.1) is 0 Å². The highest BCUT2D eigenvalue weighted by Gasteiger charge is 2.30. The van der Waals surface area contributed by atoms with Gasteiger partial charge in [-0.15, -0.1) is 0 Å². The summed E-state index contributed by atoms with van der Waals surface area (Å²) in [6.45, 7) is 8.52. The summed E-state index contributed by atoms with van der Waals surface area (Å²) in [6.07, 6.45) is 1.12. The van der Waals surface area contributed by atoms with Crippen LogP contribution in [0.4, 0.5) is 0 Å². The van der Waals surface area contributed by atoms with E-state index in [1.807, 2.05) is 33.5 Å². The third-order valence-electron chi connectivity index (χ3n) is 2.72. The number of amides is 1. The van der Waals surface area contributed by atoms with Crippen LogP contribution >= 0.6 is 23.1 Å². The third kappa shape index (κ3) is 3.49. The van der Waals surface area contributed by atoms with Crippen molar-refractivity contribution in [2.75, 3.05) is 13.1 Å². The lowest BCUT2D eigenvalue weighted by Crippen LogP contribution is -2.29. The molecular formula is C13H19NOS2. The van der Waals surface area contributed by atoms with E-state index in [0.29, 0.717) is 5.25 Å². The summed E-state index contributed by atoms with van der Waals surface area (Å²) in [6, 6.07) is 1.91. The van der Waals surface area contributed by atoms with E-state index in [2.05, 4.69) is 20.8 Å². The normalized spacial score (nSPS) is 20.9. The molecule has 1 amide bonds. The van der Waals surface area contributed by atoms with Crippen molar-refractivity contribution in [3.05, 3.63) is 22.4 Å². The summed E-state index contributed by atoms with van der Waals surface area (Å²) in [5.74, 6) is 0.197. The van der Waals surface area contributed by atoms with Gasteiger partial charge in [0.1, 0.15) is 0 Å². The van der Waals surface area contributed by atoms with Crippen molar-refractivity contribution in [1.82, 2.24) is 4.90 Å². The molecule has 0 aromatic carbocycles. The monoisotopic (exact) mass is 269 g/mol. The number of carbonyl (C=O) groups excluding carboxylic acids is 1. The summed E-state index contributed by atoms with van der Waals surface area (Å²) in [4.78, 5) is 14.1. The van der Waals surface area contributed by atoms with Gasteiger partial charge in [-0.3, -0.25) is 4.79 Å². The number of rotatable bonds is 2. The van der Waals surface area contributed by atoms with Gasteiger partial charge in [-0.25, -0.2) is 0 Å². The first kappa shape index (κ1) is 13.0. The minimum Gasteiger partial charge on any atom is -0.337 e. The van der Waals surface area contributed by atoms with Crippen molar-refractivity contribution in [2.24, 2.45) is 0 Å². The van der Waals surface area contributed by atoms with Crippen LogP contribution in [0.3, 0.4) is 0 Å². The molecule has 1 aliphatic heterocycles. The molecule has 4 heteroatoms. The van der Waals surface area contributed by atoms with Crippen LogP contribution < -0.4 is 0 Å². The Morgan fingerprint density at radius 2 is 2.29 bits per heavy atom. The molecule has 17 heavy (non-hydrogen) atoms. The zero-order valence-electron chi connectivity index (χ0n) is 10.6. The van der Waals surface area contributed by atoms with Gasteiger partial charge in [0.05, 0.1) is 5.56 Å². The van der Waals surface area contributed by atoms with E-state index in [1.54, 1.807) is 11.3 Å². The smallest absolute Gasteiger partial charge is 0.254 e. The highest BCUT2D eigenvalue weighted by molar-refractivity contribution is 8.01. The van der Waals surface area contributed by atoms with Gasteiger partial charge in [0.15, 0.2) is 0 Å². The zero-order chi connectivity index (χ0) is 12.5. The highest BCUT2D eigenvalue weighted by atomic mass is 32.2. The molecule has 0 N–H and O–H groups in total. The van der Waals surface area contributed by atoms with E-state index >= 15 is 0 Å². The molecule has 0 spiro atoms. The second-order valence-corrected chi connectivity index (χ2v) is 8.31. The van der Waals surface area contributed by atoms with Gasteiger partial charge in [-0.05, 0) is 17.9 Å². The van der Waals surface area contributed by atoms with E-state index in [-0.39, 0.29) is 10.7 Å². The summed E-state index contributed by atoms with van der Waals surface area (Å²) in [5.41, 5.74) is 0.844. The van der Waals surface area contributed by atoms with Crippen molar-refractivity contribution in [1.29, 1.82) is 0 Å². The third-order valence-corrected chi connectivity index (χ3v) is 4.83. The van der Waals surface area contributed by atoms with Crippen molar-refractivity contribution in [2.45, 2.75) is 37.2 Å². The van der Waals surface area contributed by atoms with Gasteiger partial charge in [0.25, 0.3) is 5.91 Å². The fraction of sp³-hybridized carbons (Fsp3) is 0.615. The van der Waals surface area contributed by atoms with Gasteiger partial charge in [-0.1, -0.05) is 20.8 Å². The molecule has 1 atom stereocenters. The maximum Gasteiger partial charge on any atom is 0.254 e. The van der Waals surface area contributed by atoms with Crippen molar-refractivity contribution in [3.63, 3.8) is 0 Å². The first-order valence-corrected chi connectivity index (χ1v) is 7.77. The molecule has 0 radical (unpaired) electrons. The SMILES string of the molecule is CC(C)(C)S[C@H]1CCN(C(=O)c2ccsc2)C1. The number of nitrogens with zero attached hydrogens (tertiary/aromatic N) is 1. The standard InChI is InChI=1S/C13H19NOS2/c1-13(2,3)17-11-4-6-14(8-11)12(15)10-5-7-16-9-10/h5,7,9,11H,4,6,8H2,1-3H3/t11-/m0/s1. The summed E-state index contributed by atoms with van der Waals surface area (Å²) < 4.78 is 0.284. The summed E-state index contributed by atoms with van der Waals surface area (Å²) in [5, 5.41) is 4.50. The van der Waals surface area contributed by atoms with Crippen LogP contribution in [0.25, 0.3) is 0 Å². The molecule has 2 heterocycles. The predicted octanol–water partition coefficient (Wildman–Crippen LogP) is 3.49. The Bertz CT molecular complexity index is 381. The average molecular weight is 269 g/mol. The van der Waals surface area contributed by atoms with E-state index < -0.39 is 0 Å². The molecule has 1 aliphatic rings. The number of hydrogen-bond acceptors (Lipinski definition) is 3. The van der Waals surface area contributed by atoms with Crippen molar-refractivity contribution >= 4 is 29.0 Å². The number of hydrogen-bond donors (Lipinski definition) is 0. The summed E-state index contributed by atoms with van der Waals surface area (Å²) >= 11 is 3.58. The Labute approximate surface area is 111 Å². The molecule has 1 aromatic rings. The fourth-order valence-electron chi connectivity index (χ4n) is 2.08. The van der Waals surface area contributed by atoms with Crippen LogP contribution in [0.15, 0.2) is 16.8 Å². The Balaban J connectivity index is 1.92. The second-order valence-electron chi connectivity index (χ2n) is 5.40. The van der Waals surface area contributed by atoms with Crippen LogP contribution in [-0.4, -0.2) is 33.9 Å². The van der Waals surface area contributed by atoms with Gasteiger partial charge in [-0.2, -0.15) is 23.1 Å². The predicted molar refractivity (Wildman–Crippen MR) is 76.0 cm³/mol. The molecular weight excluding hydrogens is 250 g/mol. The lowest BCUT2D eigenvalue weighted by atomic mass is 10.3. The molecule has 1 saturated heterocycles. The largest absolute Gasteiger partial charge is 0.337 e. The fourth-order valence-corrected chi connectivity index (χ4v) is 4.19. The molecule has 0 bridgehead atoms. The van der Waals surface area contributed by atoms with Crippen LogP contribution in [0.5, 0.6) is 0 Å². The molecule has 0 saturated carbocycles. The maximum absolute atomic E-state index is 12.1. The van der Waals surface area contributed by atoms with Crippen molar-refractivity contribution < 1.29 is 4.79 Å². The van der Waals surface area contributed by atoms with Gasteiger partial charge in [0.2, 0.25) is 0 Å². The lowest BCUT2D eigenvalue weighted by Gasteiger charge is -2.22. The van der Waals surface area contributed by atoms with E-state index in [4.69, 9.17) is 0 Å². The molecule has 0 aliphatic carbocycles. The highest BCUT2D eigenvalue weighted by Crippen LogP contribution is 2.33. The van der Waals surface area contributed by atoms with Crippen molar-refractivity contribution in [3.8, 4) is 0 Å². The minimum absolute atomic E-state index is 0.197. The van der Waals surface area contributed by atoms with Gasteiger partial charge >= 0.3 is 0 Å². The first-order chi connectivity index (χ1) is 7.96. The maximum atomic E-state index is 12.1. The lowest BCUT2D eigenvalue weighted by molar-refractivity contribution is 0.0794. The number of likely N-dealkylation sites (tertiary alicyclic amines) is 1. The van der Waals surface area contributed by atoms with E-state index in [0.717, 1.165) is 25.1 Å². The van der Waals surface area contributed by atoms with E-state index in [1.165, 1.54) is 0 Å². The first-order valence-electron chi connectivity index (χ1n) is 5.95. The number of thiophene rings is 1. The molecule has 0 unspecified atom stereocenters. The van der Waals surface area contributed by atoms with Crippen LogP contribution in [-0.2, 0) is 0 Å². The topological polar surface area (TPSA) is 20.3 Å². The second kappa shape index (κ2) is 5.02. The van der Waals surface area contributed by atoms with Crippen LogP contribution in [0.2, 0.25) is 0 Å². The van der Waals surface area contributed by atoms with Crippen LogP contribution in [0.1, 0.15) is 37.6 Å². The molecule has 2 nitrogen and oxygen atoms in total. The minimum atomic E-state index is 0.197. The molecule has 94 valence electrons.